The lowest BCUT2D eigenvalue weighted by molar-refractivity contribution is 0.483. The summed E-state index contributed by atoms with van der Waals surface area (Å²) < 4.78 is 2.14. The van der Waals surface area contributed by atoms with Crippen molar-refractivity contribution in [2.75, 3.05) is 11.9 Å². The van der Waals surface area contributed by atoms with Gasteiger partial charge in [-0.15, -0.1) is 11.3 Å². The molecule has 3 heterocycles. The molecule has 0 amide bonds. The molecule has 0 radical (unpaired) electrons. The maximum Gasteiger partial charge on any atom is 0.125 e. The summed E-state index contributed by atoms with van der Waals surface area (Å²) in [6.45, 7) is 3.13. The summed E-state index contributed by atoms with van der Waals surface area (Å²) in [7, 11) is 0. The van der Waals surface area contributed by atoms with Gasteiger partial charge in [-0.05, 0) is 31.0 Å². The zero-order valence-corrected chi connectivity index (χ0v) is 12.7. The minimum absolute atomic E-state index is 0.331. The Hall–Kier alpha value is -2.07. The highest BCUT2D eigenvalue weighted by atomic mass is 32.1. The average Bonchev–Trinajstić information content (AvgIpc) is 3.13. The van der Waals surface area contributed by atoms with Crippen LogP contribution in [0, 0.1) is 6.92 Å². The van der Waals surface area contributed by atoms with E-state index in [1.165, 1.54) is 15.3 Å². The number of nitrogens with zero attached hydrogens (tertiary/aromatic N) is 2. The van der Waals surface area contributed by atoms with Crippen LogP contribution in [0.3, 0.4) is 0 Å². The van der Waals surface area contributed by atoms with Gasteiger partial charge in [-0.25, -0.2) is 4.68 Å². The molecule has 3 nitrogen and oxygen atoms in total. The fraction of sp³-hybridized carbons (Fsp3) is 0.235. The average molecular weight is 295 g/mol. The van der Waals surface area contributed by atoms with E-state index >= 15 is 0 Å². The van der Waals surface area contributed by atoms with Crippen LogP contribution < -0.4 is 5.32 Å². The topological polar surface area (TPSA) is 29.9 Å². The van der Waals surface area contributed by atoms with E-state index in [9.17, 15) is 0 Å². The van der Waals surface area contributed by atoms with Gasteiger partial charge in [-0.2, -0.15) is 5.10 Å². The number of hydrogen-bond acceptors (Lipinski definition) is 3. The number of aromatic nitrogens is 2. The van der Waals surface area contributed by atoms with Crippen LogP contribution >= 0.6 is 11.3 Å². The number of rotatable bonds is 2. The molecule has 0 saturated heterocycles. The Morgan fingerprint density at radius 2 is 2.05 bits per heavy atom. The molecule has 1 atom stereocenters. The second-order valence-corrected chi connectivity index (χ2v) is 6.70. The van der Waals surface area contributed by atoms with Crippen LogP contribution in [0.5, 0.6) is 0 Å². The van der Waals surface area contributed by atoms with E-state index < -0.39 is 0 Å². The highest BCUT2D eigenvalue weighted by Gasteiger charge is 2.23. The molecule has 1 aliphatic heterocycles. The van der Waals surface area contributed by atoms with E-state index in [-0.39, 0.29) is 0 Å². The van der Waals surface area contributed by atoms with Crippen LogP contribution in [0.1, 0.15) is 22.9 Å². The lowest BCUT2D eigenvalue weighted by atomic mass is 10.0. The Balaban J connectivity index is 1.76. The summed E-state index contributed by atoms with van der Waals surface area (Å²) in [5.74, 6) is 1.12. The largest absolute Gasteiger partial charge is 0.370 e. The van der Waals surface area contributed by atoms with Crippen LogP contribution in [-0.4, -0.2) is 16.3 Å². The first-order valence-electron chi connectivity index (χ1n) is 7.26. The third-order valence-corrected chi connectivity index (χ3v) is 4.96. The fourth-order valence-corrected chi connectivity index (χ4v) is 3.72. The summed E-state index contributed by atoms with van der Waals surface area (Å²) in [6.07, 6.45) is 1.07. The van der Waals surface area contributed by atoms with Crippen molar-refractivity contribution in [2.24, 2.45) is 0 Å². The fourth-order valence-electron chi connectivity index (χ4n) is 2.90. The van der Waals surface area contributed by atoms with Crippen LogP contribution in [-0.2, 0) is 0 Å². The van der Waals surface area contributed by atoms with Crippen molar-refractivity contribution in [2.45, 2.75) is 19.4 Å². The number of hydrogen-bond donors (Lipinski definition) is 1. The zero-order chi connectivity index (χ0) is 14.2. The number of anilines is 1. The van der Waals surface area contributed by atoms with Gasteiger partial charge in [0.15, 0.2) is 0 Å². The third kappa shape index (κ3) is 2.25. The Kier molecular flexibility index (Phi) is 3.04. The Morgan fingerprint density at radius 1 is 1.19 bits per heavy atom. The first kappa shape index (κ1) is 12.7. The molecule has 0 saturated carbocycles. The van der Waals surface area contributed by atoms with Gasteiger partial charge in [0.2, 0.25) is 0 Å². The first-order valence-corrected chi connectivity index (χ1v) is 8.08. The van der Waals surface area contributed by atoms with Crippen molar-refractivity contribution >= 4 is 17.2 Å². The molecule has 2 aromatic heterocycles. The molecule has 1 aliphatic rings. The molecule has 0 fully saturated rings. The summed E-state index contributed by atoms with van der Waals surface area (Å²) in [5.41, 5.74) is 2.40. The van der Waals surface area contributed by atoms with Gasteiger partial charge in [0, 0.05) is 17.5 Å². The van der Waals surface area contributed by atoms with E-state index in [4.69, 9.17) is 5.10 Å². The maximum atomic E-state index is 4.86. The van der Waals surface area contributed by atoms with Gasteiger partial charge in [-0.3, -0.25) is 0 Å². The minimum atomic E-state index is 0.331. The van der Waals surface area contributed by atoms with E-state index in [1.807, 2.05) is 0 Å². The quantitative estimate of drug-likeness (QED) is 0.763. The van der Waals surface area contributed by atoms with Crippen LogP contribution in [0.4, 0.5) is 5.82 Å². The van der Waals surface area contributed by atoms with Crippen molar-refractivity contribution in [3.05, 3.63) is 59.0 Å². The summed E-state index contributed by atoms with van der Waals surface area (Å²) in [6, 6.07) is 17.5. The van der Waals surface area contributed by atoms with Gasteiger partial charge >= 0.3 is 0 Å². The van der Waals surface area contributed by atoms with Gasteiger partial charge in [-0.1, -0.05) is 30.3 Å². The second kappa shape index (κ2) is 5.04. The molecule has 1 aromatic carbocycles. The Labute approximate surface area is 128 Å². The monoisotopic (exact) mass is 295 g/mol. The predicted molar refractivity (Wildman–Crippen MR) is 88.0 cm³/mol. The predicted octanol–water partition coefficient (Wildman–Crippen LogP) is 4.33. The molecule has 0 bridgehead atoms. The number of aryl methyl sites for hydroxylation is 1. The van der Waals surface area contributed by atoms with E-state index in [2.05, 4.69) is 65.5 Å². The number of fused-ring (bicyclic) bond motifs is 1. The minimum Gasteiger partial charge on any atom is -0.370 e. The van der Waals surface area contributed by atoms with Crippen molar-refractivity contribution in [1.82, 2.24) is 9.78 Å². The first-order chi connectivity index (χ1) is 10.3. The molecule has 4 rings (SSSR count). The standard InChI is InChI=1S/C17H17N3S/c1-12-7-8-16(21-12)14-11-17-18-10-9-15(20(17)19-14)13-5-3-2-4-6-13/h2-8,11,15,18H,9-10H2,1H3. The van der Waals surface area contributed by atoms with Crippen molar-refractivity contribution < 1.29 is 0 Å². The molecule has 106 valence electrons. The number of nitrogens with one attached hydrogen (secondary N) is 1. The van der Waals surface area contributed by atoms with Gasteiger partial charge in [0.25, 0.3) is 0 Å². The van der Waals surface area contributed by atoms with Gasteiger partial charge in [0.1, 0.15) is 11.5 Å². The van der Waals surface area contributed by atoms with Crippen molar-refractivity contribution in [1.29, 1.82) is 0 Å². The lowest BCUT2D eigenvalue weighted by Crippen LogP contribution is -2.24. The van der Waals surface area contributed by atoms with E-state index in [0.29, 0.717) is 6.04 Å². The highest BCUT2D eigenvalue weighted by molar-refractivity contribution is 7.15. The zero-order valence-electron chi connectivity index (χ0n) is 11.9. The Morgan fingerprint density at radius 3 is 2.81 bits per heavy atom. The third-order valence-electron chi connectivity index (χ3n) is 3.93. The summed E-state index contributed by atoms with van der Waals surface area (Å²) >= 11 is 1.80. The molecular weight excluding hydrogens is 278 g/mol. The van der Waals surface area contributed by atoms with E-state index in [0.717, 1.165) is 24.5 Å². The van der Waals surface area contributed by atoms with Gasteiger partial charge in [0.05, 0.1) is 10.9 Å². The maximum absolute atomic E-state index is 4.86. The molecule has 1 N–H and O–H groups in total. The van der Waals surface area contributed by atoms with Crippen LogP contribution in [0.25, 0.3) is 10.6 Å². The molecule has 0 aliphatic carbocycles. The highest BCUT2D eigenvalue weighted by Crippen LogP contribution is 2.34. The van der Waals surface area contributed by atoms with Gasteiger partial charge < -0.3 is 5.32 Å². The number of thiophene rings is 1. The molecule has 3 aromatic rings. The molecule has 0 spiro atoms. The molecule has 1 unspecified atom stereocenters. The smallest absolute Gasteiger partial charge is 0.125 e. The summed E-state index contributed by atoms with van der Waals surface area (Å²) in [4.78, 5) is 2.56. The van der Waals surface area contributed by atoms with E-state index in [1.54, 1.807) is 11.3 Å². The van der Waals surface area contributed by atoms with Crippen LogP contribution in [0.2, 0.25) is 0 Å². The lowest BCUT2D eigenvalue weighted by Gasteiger charge is -2.25. The number of benzene rings is 1. The Bertz CT molecular complexity index is 757. The summed E-state index contributed by atoms with van der Waals surface area (Å²) in [5, 5.41) is 8.32. The normalized spacial score (nSPS) is 17.3. The van der Waals surface area contributed by atoms with Crippen molar-refractivity contribution in [3.63, 3.8) is 0 Å². The molecule has 4 heteroatoms. The molecule has 21 heavy (non-hydrogen) atoms. The molecular formula is C17H17N3S. The SMILES string of the molecule is Cc1ccc(-c2cc3n(n2)C(c2ccccc2)CCN3)s1. The van der Waals surface area contributed by atoms with Crippen molar-refractivity contribution in [3.8, 4) is 10.6 Å². The second-order valence-electron chi connectivity index (χ2n) is 5.41. The van der Waals surface area contributed by atoms with Crippen LogP contribution in [0.15, 0.2) is 48.5 Å².